The van der Waals surface area contributed by atoms with Gasteiger partial charge < -0.3 is 15.4 Å². The van der Waals surface area contributed by atoms with Gasteiger partial charge in [0.25, 0.3) is 0 Å². The second-order valence-electron chi connectivity index (χ2n) is 5.16. The molecule has 6 heteroatoms. The SMILES string of the molecule is COc1ccc(C(=O)CCC(=O)N2CC[C@@H](N)C2)cc1F. The lowest BCUT2D eigenvalue weighted by Gasteiger charge is -2.15. The van der Waals surface area contributed by atoms with Crippen molar-refractivity contribution in [2.24, 2.45) is 5.73 Å². The topological polar surface area (TPSA) is 72.6 Å². The number of nitrogens with two attached hydrogens (primary N) is 1. The monoisotopic (exact) mass is 294 g/mol. The van der Waals surface area contributed by atoms with Crippen LogP contribution in [0.5, 0.6) is 5.75 Å². The summed E-state index contributed by atoms with van der Waals surface area (Å²) in [6, 6.07) is 4.07. The second-order valence-corrected chi connectivity index (χ2v) is 5.16. The molecule has 1 aliphatic rings. The number of hydrogen-bond acceptors (Lipinski definition) is 4. The summed E-state index contributed by atoms with van der Waals surface area (Å²) >= 11 is 0. The molecule has 0 radical (unpaired) electrons. The first-order valence-electron chi connectivity index (χ1n) is 6.91. The van der Waals surface area contributed by atoms with Gasteiger partial charge in [-0.1, -0.05) is 0 Å². The molecule has 0 aromatic heterocycles. The van der Waals surface area contributed by atoms with E-state index < -0.39 is 5.82 Å². The highest BCUT2D eigenvalue weighted by Gasteiger charge is 2.23. The minimum atomic E-state index is -0.583. The lowest BCUT2D eigenvalue weighted by molar-refractivity contribution is -0.130. The van der Waals surface area contributed by atoms with Gasteiger partial charge in [0.2, 0.25) is 5.91 Å². The zero-order chi connectivity index (χ0) is 15.4. The molecule has 1 atom stereocenters. The fraction of sp³-hybridized carbons (Fsp3) is 0.467. The number of rotatable bonds is 5. The Bertz CT molecular complexity index is 548. The van der Waals surface area contributed by atoms with Crippen LogP contribution >= 0.6 is 0 Å². The number of Topliss-reactive ketones (excluding diaryl/α,β-unsaturated/α-hetero) is 1. The molecular formula is C15H19FN2O3. The van der Waals surface area contributed by atoms with Crippen molar-refractivity contribution in [3.8, 4) is 5.75 Å². The van der Waals surface area contributed by atoms with E-state index in [9.17, 15) is 14.0 Å². The first-order chi connectivity index (χ1) is 10.0. The van der Waals surface area contributed by atoms with Gasteiger partial charge in [-0.05, 0) is 24.6 Å². The van der Waals surface area contributed by atoms with Gasteiger partial charge in [-0.25, -0.2) is 4.39 Å². The Morgan fingerprint density at radius 3 is 2.76 bits per heavy atom. The Morgan fingerprint density at radius 1 is 1.43 bits per heavy atom. The van der Waals surface area contributed by atoms with Crippen molar-refractivity contribution in [1.82, 2.24) is 4.90 Å². The molecule has 1 amide bonds. The quantitative estimate of drug-likeness (QED) is 0.832. The summed E-state index contributed by atoms with van der Waals surface area (Å²) in [7, 11) is 1.36. The van der Waals surface area contributed by atoms with Crippen molar-refractivity contribution >= 4 is 11.7 Å². The van der Waals surface area contributed by atoms with E-state index in [-0.39, 0.29) is 41.9 Å². The number of hydrogen-bond donors (Lipinski definition) is 1. The summed E-state index contributed by atoms with van der Waals surface area (Å²) in [5, 5.41) is 0. The fourth-order valence-electron chi connectivity index (χ4n) is 2.38. The highest BCUT2D eigenvalue weighted by atomic mass is 19.1. The zero-order valence-corrected chi connectivity index (χ0v) is 12.0. The van der Waals surface area contributed by atoms with Gasteiger partial charge in [0, 0.05) is 37.5 Å². The molecule has 1 saturated heterocycles. The molecule has 21 heavy (non-hydrogen) atoms. The number of ether oxygens (including phenoxy) is 1. The third-order valence-corrected chi connectivity index (χ3v) is 3.62. The summed E-state index contributed by atoms with van der Waals surface area (Å²) in [6.07, 6.45) is 0.985. The Hall–Kier alpha value is -1.95. The first-order valence-corrected chi connectivity index (χ1v) is 6.91. The lowest BCUT2D eigenvalue weighted by atomic mass is 10.1. The van der Waals surface area contributed by atoms with Crippen LogP contribution in [0.4, 0.5) is 4.39 Å². The molecule has 1 fully saturated rings. The standard InChI is InChI=1S/C15H19FN2O3/c1-21-14-4-2-10(8-12(14)16)13(19)3-5-15(20)18-7-6-11(17)9-18/h2,4,8,11H,3,5-7,9,17H2,1H3/t11-/m1/s1. The van der Waals surface area contributed by atoms with Crippen LogP contribution in [0, 0.1) is 5.82 Å². The van der Waals surface area contributed by atoms with Crippen molar-refractivity contribution in [3.05, 3.63) is 29.6 Å². The minimum absolute atomic E-state index is 0.0281. The van der Waals surface area contributed by atoms with Gasteiger partial charge in [-0.2, -0.15) is 0 Å². The van der Waals surface area contributed by atoms with E-state index in [4.69, 9.17) is 10.5 Å². The number of nitrogens with zero attached hydrogens (tertiary/aromatic N) is 1. The van der Waals surface area contributed by atoms with Crippen LogP contribution in [-0.2, 0) is 4.79 Å². The summed E-state index contributed by atoms with van der Waals surface area (Å²) in [5.41, 5.74) is 5.99. The fourth-order valence-corrected chi connectivity index (χ4v) is 2.38. The molecule has 2 rings (SSSR count). The number of carbonyl (C=O) groups is 2. The number of benzene rings is 1. The number of methoxy groups -OCH3 is 1. The van der Waals surface area contributed by atoms with Crippen LogP contribution in [0.3, 0.4) is 0 Å². The smallest absolute Gasteiger partial charge is 0.223 e. The number of ketones is 1. The average Bonchev–Trinajstić information content (AvgIpc) is 2.91. The molecule has 0 aliphatic carbocycles. The van der Waals surface area contributed by atoms with Gasteiger partial charge in [-0.15, -0.1) is 0 Å². The number of amides is 1. The average molecular weight is 294 g/mol. The van der Waals surface area contributed by atoms with Crippen molar-refractivity contribution in [3.63, 3.8) is 0 Å². The Balaban J connectivity index is 1.89. The molecule has 1 aliphatic heterocycles. The van der Waals surface area contributed by atoms with Gasteiger partial charge in [0.05, 0.1) is 7.11 Å². The predicted molar refractivity (Wildman–Crippen MR) is 75.7 cm³/mol. The van der Waals surface area contributed by atoms with Crippen molar-refractivity contribution in [2.75, 3.05) is 20.2 Å². The molecule has 114 valence electrons. The molecule has 0 spiro atoms. The van der Waals surface area contributed by atoms with Crippen LogP contribution in [-0.4, -0.2) is 42.8 Å². The van der Waals surface area contributed by atoms with Gasteiger partial charge >= 0.3 is 0 Å². The minimum Gasteiger partial charge on any atom is -0.494 e. The van der Waals surface area contributed by atoms with Crippen LogP contribution in [0.15, 0.2) is 18.2 Å². The predicted octanol–water partition coefficient (Wildman–Crippen LogP) is 1.36. The van der Waals surface area contributed by atoms with Crippen LogP contribution in [0.25, 0.3) is 0 Å². The molecule has 5 nitrogen and oxygen atoms in total. The molecule has 0 unspecified atom stereocenters. The normalized spacial score (nSPS) is 17.9. The molecule has 2 N–H and O–H groups in total. The van der Waals surface area contributed by atoms with E-state index >= 15 is 0 Å². The molecule has 1 aromatic carbocycles. The van der Waals surface area contributed by atoms with Crippen molar-refractivity contribution < 1.29 is 18.7 Å². The van der Waals surface area contributed by atoms with E-state index in [0.29, 0.717) is 13.1 Å². The highest BCUT2D eigenvalue weighted by molar-refractivity contribution is 5.98. The van der Waals surface area contributed by atoms with E-state index in [1.807, 2.05) is 0 Å². The van der Waals surface area contributed by atoms with E-state index in [1.54, 1.807) is 4.90 Å². The third-order valence-electron chi connectivity index (χ3n) is 3.62. The Labute approximate surface area is 122 Å². The van der Waals surface area contributed by atoms with Crippen molar-refractivity contribution in [2.45, 2.75) is 25.3 Å². The van der Waals surface area contributed by atoms with E-state index in [0.717, 1.165) is 12.5 Å². The molecule has 1 heterocycles. The number of carbonyl (C=O) groups excluding carboxylic acids is 2. The van der Waals surface area contributed by atoms with Gasteiger partial charge in [0.15, 0.2) is 17.3 Å². The number of likely N-dealkylation sites (tertiary alicyclic amines) is 1. The highest BCUT2D eigenvalue weighted by Crippen LogP contribution is 2.19. The van der Waals surface area contributed by atoms with Gasteiger partial charge in [-0.3, -0.25) is 9.59 Å². The van der Waals surface area contributed by atoms with E-state index in [2.05, 4.69) is 0 Å². The molecule has 0 bridgehead atoms. The largest absolute Gasteiger partial charge is 0.494 e. The molecular weight excluding hydrogens is 275 g/mol. The second kappa shape index (κ2) is 6.67. The lowest BCUT2D eigenvalue weighted by Crippen LogP contribution is -2.32. The van der Waals surface area contributed by atoms with Crippen LogP contribution < -0.4 is 10.5 Å². The maximum atomic E-state index is 13.5. The van der Waals surface area contributed by atoms with Gasteiger partial charge in [0.1, 0.15) is 0 Å². The Kier molecular flexibility index (Phi) is 4.90. The van der Waals surface area contributed by atoms with Crippen LogP contribution in [0.2, 0.25) is 0 Å². The first kappa shape index (κ1) is 15.4. The maximum absolute atomic E-state index is 13.5. The summed E-state index contributed by atoms with van der Waals surface area (Å²) in [6.45, 7) is 1.19. The third kappa shape index (κ3) is 3.78. The summed E-state index contributed by atoms with van der Waals surface area (Å²) in [5.74, 6) is -0.826. The molecule has 0 saturated carbocycles. The van der Waals surface area contributed by atoms with E-state index in [1.165, 1.54) is 19.2 Å². The summed E-state index contributed by atoms with van der Waals surface area (Å²) in [4.78, 5) is 25.6. The number of halogens is 1. The van der Waals surface area contributed by atoms with Crippen LogP contribution in [0.1, 0.15) is 29.6 Å². The molecule has 1 aromatic rings. The zero-order valence-electron chi connectivity index (χ0n) is 12.0. The Morgan fingerprint density at radius 2 is 2.19 bits per heavy atom. The van der Waals surface area contributed by atoms with Crippen molar-refractivity contribution in [1.29, 1.82) is 0 Å². The maximum Gasteiger partial charge on any atom is 0.223 e. The summed E-state index contributed by atoms with van der Waals surface area (Å²) < 4.78 is 18.3.